The molecular weight excluding hydrogens is 414 g/mol. The average Bonchev–Trinajstić information content (AvgIpc) is 2.98. The molecule has 1 fully saturated rings. The summed E-state index contributed by atoms with van der Waals surface area (Å²) in [4.78, 5) is 23.4. The number of fused-ring (bicyclic) bond motifs is 1. The van der Waals surface area contributed by atoms with Crippen LogP contribution in [0.15, 0.2) is 53.8 Å². The number of likely N-dealkylation sites (N-methyl/N-ethyl adjacent to an activating group) is 1. The van der Waals surface area contributed by atoms with Gasteiger partial charge in [-0.2, -0.15) is 4.31 Å². The van der Waals surface area contributed by atoms with Gasteiger partial charge in [0.2, 0.25) is 10.0 Å². The monoisotopic (exact) mass is 439 g/mol. The fourth-order valence-corrected chi connectivity index (χ4v) is 5.18. The van der Waals surface area contributed by atoms with Crippen LogP contribution in [0, 0.1) is 6.92 Å². The number of aryl methyl sites for hydroxylation is 1. The zero-order chi connectivity index (χ0) is 22.0. The second-order valence-corrected chi connectivity index (χ2v) is 9.73. The Labute approximate surface area is 182 Å². The van der Waals surface area contributed by atoms with E-state index in [-0.39, 0.29) is 10.8 Å². The molecule has 0 aliphatic carbocycles. The first-order chi connectivity index (χ1) is 14.8. The van der Waals surface area contributed by atoms with Crippen molar-refractivity contribution >= 4 is 32.5 Å². The Hall–Kier alpha value is -2.88. The van der Waals surface area contributed by atoms with Gasteiger partial charge < -0.3 is 10.2 Å². The number of carbonyl (C=O) groups is 1. The Kier molecular flexibility index (Phi) is 5.99. The lowest BCUT2D eigenvalue weighted by Crippen LogP contribution is -2.34. The fraction of sp³-hybridized carbons (Fsp3) is 0.318. The van der Waals surface area contributed by atoms with E-state index in [2.05, 4.69) is 20.2 Å². The summed E-state index contributed by atoms with van der Waals surface area (Å²) in [5.41, 5.74) is 2.34. The molecular formula is C22H25N5O3S. The number of nitrogens with one attached hydrogen (secondary N) is 1. The van der Waals surface area contributed by atoms with Gasteiger partial charge in [0.15, 0.2) is 0 Å². The zero-order valence-corrected chi connectivity index (χ0v) is 18.4. The Bertz CT molecular complexity index is 1230. The number of pyridine rings is 2. The predicted molar refractivity (Wildman–Crippen MR) is 120 cm³/mol. The Balaban J connectivity index is 1.57. The Morgan fingerprint density at radius 3 is 2.77 bits per heavy atom. The van der Waals surface area contributed by atoms with Crippen molar-refractivity contribution in [1.29, 1.82) is 0 Å². The lowest BCUT2D eigenvalue weighted by atomic mass is 10.0. The quantitative estimate of drug-likeness (QED) is 0.671. The minimum absolute atomic E-state index is 0.0757. The Morgan fingerprint density at radius 2 is 1.94 bits per heavy atom. The molecule has 9 heteroatoms. The van der Waals surface area contributed by atoms with Crippen LogP contribution in [0.4, 0.5) is 5.69 Å². The third-order valence-electron chi connectivity index (χ3n) is 5.48. The lowest BCUT2D eigenvalue weighted by molar-refractivity contribution is 0.102. The SMILES string of the molecule is Cc1cc2cccnc2cc1C(=O)Nc1cncc(S(=O)(=O)N2CCCN(C)CC2)c1. The molecule has 0 bridgehead atoms. The molecule has 0 unspecified atom stereocenters. The van der Waals surface area contributed by atoms with Gasteiger partial charge in [0.05, 0.1) is 17.4 Å². The van der Waals surface area contributed by atoms with E-state index < -0.39 is 10.0 Å². The van der Waals surface area contributed by atoms with Crippen LogP contribution in [0.2, 0.25) is 0 Å². The van der Waals surface area contributed by atoms with E-state index in [0.29, 0.717) is 30.9 Å². The maximum atomic E-state index is 13.1. The van der Waals surface area contributed by atoms with Gasteiger partial charge in [-0.05, 0) is 56.8 Å². The van der Waals surface area contributed by atoms with Crippen LogP contribution in [0.5, 0.6) is 0 Å². The van der Waals surface area contributed by atoms with Gasteiger partial charge in [0.25, 0.3) is 5.91 Å². The second kappa shape index (κ2) is 8.70. The molecule has 3 aromatic rings. The standard InChI is InChI=1S/C22H25N5O3S/c1-16-11-17-5-3-6-24-21(17)13-20(16)22(28)25-18-12-19(15-23-14-18)31(29,30)27-8-4-7-26(2)9-10-27/h3,5-6,11-15H,4,7-10H2,1-2H3,(H,25,28). The number of nitrogens with zero attached hydrogens (tertiary/aromatic N) is 4. The number of amides is 1. The minimum atomic E-state index is -3.69. The van der Waals surface area contributed by atoms with E-state index in [1.54, 1.807) is 12.3 Å². The molecule has 1 aromatic carbocycles. The summed E-state index contributed by atoms with van der Waals surface area (Å²) >= 11 is 0. The molecule has 3 heterocycles. The first-order valence-corrected chi connectivity index (χ1v) is 11.6. The smallest absolute Gasteiger partial charge is 0.256 e. The molecule has 31 heavy (non-hydrogen) atoms. The molecule has 1 saturated heterocycles. The van der Waals surface area contributed by atoms with E-state index in [1.807, 2.05) is 32.2 Å². The van der Waals surface area contributed by atoms with Crippen LogP contribution in [-0.4, -0.2) is 66.7 Å². The van der Waals surface area contributed by atoms with Crippen LogP contribution in [0.3, 0.4) is 0 Å². The third kappa shape index (κ3) is 4.58. The summed E-state index contributed by atoms with van der Waals surface area (Å²) in [5, 5.41) is 3.73. The highest BCUT2D eigenvalue weighted by Gasteiger charge is 2.27. The number of anilines is 1. The number of benzene rings is 1. The highest BCUT2D eigenvalue weighted by Crippen LogP contribution is 2.22. The fourth-order valence-electron chi connectivity index (χ4n) is 3.72. The maximum Gasteiger partial charge on any atom is 0.256 e. The third-order valence-corrected chi connectivity index (χ3v) is 7.35. The molecule has 0 atom stereocenters. The molecule has 1 aliphatic rings. The zero-order valence-electron chi connectivity index (χ0n) is 17.6. The number of aromatic nitrogens is 2. The first-order valence-electron chi connectivity index (χ1n) is 10.1. The van der Waals surface area contributed by atoms with Gasteiger partial charge in [0.1, 0.15) is 4.90 Å². The van der Waals surface area contributed by atoms with Gasteiger partial charge in [-0.3, -0.25) is 14.8 Å². The van der Waals surface area contributed by atoms with E-state index in [9.17, 15) is 13.2 Å². The highest BCUT2D eigenvalue weighted by molar-refractivity contribution is 7.89. The van der Waals surface area contributed by atoms with Crippen LogP contribution >= 0.6 is 0 Å². The van der Waals surface area contributed by atoms with Gasteiger partial charge in [0, 0.05) is 43.0 Å². The summed E-state index contributed by atoms with van der Waals surface area (Å²) in [7, 11) is -1.70. The van der Waals surface area contributed by atoms with Crippen molar-refractivity contribution in [2.75, 3.05) is 38.5 Å². The number of carbonyl (C=O) groups excluding carboxylic acids is 1. The van der Waals surface area contributed by atoms with E-state index in [0.717, 1.165) is 29.4 Å². The number of hydrogen-bond acceptors (Lipinski definition) is 6. The van der Waals surface area contributed by atoms with Gasteiger partial charge in [-0.15, -0.1) is 0 Å². The molecule has 162 valence electrons. The summed E-state index contributed by atoms with van der Waals surface area (Å²) in [6.45, 7) is 4.29. The normalized spacial score (nSPS) is 16.2. The number of hydrogen-bond donors (Lipinski definition) is 1. The van der Waals surface area contributed by atoms with Gasteiger partial charge in [-0.1, -0.05) is 6.07 Å². The molecule has 4 rings (SSSR count). The molecule has 0 radical (unpaired) electrons. The van der Waals surface area contributed by atoms with Crippen molar-refractivity contribution in [2.24, 2.45) is 0 Å². The van der Waals surface area contributed by atoms with Gasteiger partial charge in [-0.25, -0.2) is 8.42 Å². The van der Waals surface area contributed by atoms with Crippen LogP contribution in [0.25, 0.3) is 10.9 Å². The lowest BCUT2D eigenvalue weighted by Gasteiger charge is -2.20. The van der Waals surface area contributed by atoms with Crippen molar-refractivity contribution in [1.82, 2.24) is 19.2 Å². The van der Waals surface area contributed by atoms with E-state index in [4.69, 9.17) is 0 Å². The topological polar surface area (TPSA) is 95.5 Å². The minimum Gasteiger partial charge on any atom is -0.321 e. The molecule has 2 aromatic heterocycles. The summed E-state index contributed by atoms with van der Waals surface area (Å²) in [6, 6.07) is 8.90. The largest absolute Gasteiger partial charge is 0.321 e. The predicted octanol–water partition coefficient (Wildman–Crippen LogP) is 2.52. The summed E-state index contributed by atoms with van der Waals surface area (Å²) < 4.78 is 27.7. The average molecular weight is 440 g/mol. The van der Waals surface area contributed by atoms with Crippen molar-refractivity contribution in [3.8, 4) is 0 Å². The molecule has 0 saturated carbocycles. The Morgan fingerprint density at radius 1 is 1.10 bits per heavy atom. The van der Waals surface area contributed by atoms with Crippen molar-refractivity contribution in [2.45, 2.75) is 18.2 Å². The molecule has 8 nitrogen and oxygen atoms in total. The molecule has 1 amide bonds. The van der Waals surface area contributed by atoms with E-state index >= 15 is 0 Å². The summed E-state index contributed by atoms with van der Waals surface area (Å²) in [6.07, 6.45) is 5.22. The first kappa shape index (κ1) is 21.4. The van der Waals surface area contributed by atoms with Crippen LogP contribution < -0.4 is 5.32 Å². The van der Waals surface area contributed by atoms with Crippen LogP contribution in [0.1, 0.15) is 22.3 Å². The van der Waals surface area contributed by atoms with E-state index in [1.165, 1.54) is 22.8 Å². The molecule has 1 aliphatic heterocycles. The van der Waals surface area contributed by atoms with Crippen LogP contribution in [-0.2, 0) is 10.0 Å². The van der Waals surface area contributed by atoms with Gasteiger partial charge >= 0.3 is 0 Å². The summed E-state index contributed by atoms with van der Waals surface area (Å²) in [5.74, 6) is -0.335. The maximum absolute atomic E-state index is 13.1. The highest BCUT2D eigenvalue weighted by atomic mass is 32.2. The number of rotatable bonds is 4. The molecule has 1 N–H and O–H groups in total. The van der Waals surface area contributed by atoms with Crippen molar-refractivity contribution in [3.05, 3.63) is 60.0 Å². The molecule has 0 spiro atoms. The number of sulfonamides is 1. The second-order valence-electron chi connectivity index (χ2n) is 7.79. The van der Waals surface area contributed by atoms with Crippen molar-refractivity contribution in [3.63, 3.8) is 0 Å². The van der Waals surface area contributed by atoms with Crippen molar-refractivity contribution < 1.29 is 13.2 Å².